The maximum absolute atomic E-state index is 12.1. The van der Waals surface area contributed by atoms with E-state index >= 15 is 0 Å². The second kappa shape index (κ2) is 14.2. The highest BCUT2D eigenvalue weighted by Gasteiger charge is 2.32. The Balaban J connectivity index is 1.97. The Morgan fingerprint density at radius 3 is 1.86 bits per heavy atom. The lowest BCUT2D eigenvalue weighted by Gasteiger charge is -2.36. The molecule has 0 aromatic carbocycles. The molecule has 0 aliphatic carbocycles. The molecule has 0 unspecified atom stereocenters. The van der Waals surface area contributed by atoms with E-state index in [1.165, 1.54) is 64.2 Å². The Morgan fingerprint density at radius 1 is 0.862 bits per heavy atom. The number of esters is 1. The van der Waals surface area contributed by atoms with Gasteiger partial charge >= 0.3 is 5.97 Å². The van der Waals surface area contributed by atoms with Gasteiger partial charge in [-0.3, -0.25) is 4.79 Å². The number of piperidine rings is 1. The first-order valence-electron chi connectivity index (χ1n) is 12.2. The lowest BCUT2D eigenvalue weighted by Crippen LogP contribution is -2.50. The molecule has 170 valence electrons. The molecule has 29 heavy (non-hydrogen) atoms. The molecule has 4 nitrogen and oxygen atoms in total. The highest BCUT2D eigenvalue weighted by atomic mass is 16.5. The molecule has 3 atom stereocenters. The number of carbonyl (C=O) groups excluding carboxylic acids is 2. The van der Waals surface area contributed by atoms with Crippen LogP contribution in [-0.4, -0.2) is 29.9 Å². The number of ketones is 1. The molecule has 1 rings (SSSR count). The summed E-state index contributed by atoms with van der Waals surface area (Å²) in [5, 5.41) is 3.67. The van der Waals surface area contributed by atoms with Crippen molar-refractivity contribution in [1.29, 1.82) is 0 Å². The van der Waals surface area contributed by atoms with Gasteiger partial charge in [-0.2, -0.15) is 0 Å². The average molecular weight is 410 g/mol. The summed E-state index contributed by atoms with van der Waals surface area (Å²) < 4.78 is 5.72. The van der Waals surface area contributed by atoms with Crippen molar-refractivity contribution >= 4 is 11.8 Å². The topological polar surface area (TPSA) is 55.4 Å². The van der Waals surface area contributed by atoms with Gasteiger partial charge in [0, 0.05) is 18.5 Å². The van der Waals surface area contributed by atoms with Crippen molar-refractivity contribution in [3.8, 4) is 0 Å². The molecule has 1 aliphatic rings. The van der Waals surface area contributed by atoms with Gasteiger partial charge < -0.3 is 14.8 Å². The third-order valence-corrected chi connectivity index (χ3v) is 6.06. The van der Waals surface area contributed by atoms with Gasteiger partial charge in [0.05, 0.1) is 5.41 Å². The van der Waals surface area contributed by atoms with E-state index in [4.69, 9.17) is 4.74 Å². The van der Waals surface area contributed by atoms with Crippen molar-refractivity contribution in [3.05, 3.63) is 0 Å². The fourth-order valence-electron chi connectivity index (χ4n) is 4.06. The number of hydrogen-bond donors (Lipinski definition) is 1. The first kappa shape index (κ1) is 26.1. The highest BCUT2D eigenvalue weighted by Crippen LogP contribution is 2.24. The molecule has 4 heteroatoms. The zero-order valence-electron chi connectivity index (χ0n) is 19.9. The van der Waals surface area contributed by atoms with Gasteiger partial charge in [-0.05, 0) is 60.3 Å². The molecule has 0 aromatic rings. The maximum atomic E-state index is 12.1. The summed E-state index contributed by atoms with van der Waals surface area (Å²) in [6.45, 7) is 9.57. The largest absolute Gasteiger partial charge is 0.460 e. The number of hydrogen-bond acceptors (Lipinski definition) is 4. The van der Waals surface area contributed by atoms with Crippen LogP contribution in [-0.2, 0) is 14.3 Å². The van der Waals surface area contributed by atoms with Gasteiger partial charge in [0.25, 0.3) is 0 Å². The molecule has 0 spiro atoms. The number of rotatable bonds is 14. The van der Waals surface area contributed by atoms with Crippen LogP contribution in [0.25, 0.3) is 0 Å². The van der Waals surface area contributed by atoms with E-state index in [1.54, 1.807) is 6.92 Å². The number of unbranched alkanes of at least 4 members (excludes halogenated alkanes) is 9. The standard InChI is InChI=1S/C25H47NO3/c1-20(27)16-14-12-10-8-6-7-9-11-13-15-17-22-18-19-23(21(2)26-22)29-24(28)25(3,4)5/h21-23,26H,6-19H2,1-5H3/t21-,22+,23-/m1/s1. The van der Waals surface area contributed by atoms with Gasteiger partial charge in [-0.1, -0.05) is 57.8 Å². The van der Waals surface area contributed by atoms with Crippen LogP contribution < -0.4 is 5.32 Å². The predicted octanol–water partition coefficient (Wildman–Crippen LogP) is 6.36. The average Bonchev–Trinajstić information content (AvgIpc) is 2.63. The lowest BCUT2D eigenvalue weighted by molar-refractivity contribution is -0.161. The van der Waals surface area contributed by atoms with E-state index in [9.17, 15) is 9.59 Å². The summed E-state index contributed by atoms with van der Waals surface area (Å²) in [6, 6.07) is 0.820. The van der Waals surface area contributed by atoms with Crippen LogP contribution in [0.1, 0.15) is 125 Å². The number of ether oxygens (including phenoxy) is 1. The van der Waals surface area contributed by atoms with Crippen LogP contribution in [0.4, 0.5) is 0 Å². The van der Waals surface area contributed by atoms with Crippen molar-refractivity contribution in [2.45, 2.75) is 143 Å². The lowest BCUT2D eigenvalue weighted by atomic mass is 9.92. The van der Waals surface area contributed by atoms with Crippen molar-refractivity contribution < 1.29 is 14.3 Å². The third-order valence-electron chi connectivity index (χ3n) is 6.06. The van der Waals surface area contributed by atoms with Crippen LogP contribution in [0.5, 0.6) is 0 Å². The molecule has 1 fully saturated rings. The van der Waals surface area contributed by atoms with Gasteiger partial charge in [0.1, 0.15) is 11.9 Å². The third kappa shape index (κ3) is 12.4. The summed E-state index contributed by atoms with van der Waals surface area (Å²) in [5.74, 6) is 0.234. The molecule has 0 saturated carbocycles. The van der Waals surface area contributed by atoms with Crippen molar-refractivity contribution in [2.75, 3.05) is 0 Å². The van der Waals surface area contributed by atoms with E-state index < -0.39 is 5.41 Å². The monoisotopic (exact) mass is 409 g/mol. The van der Waals surface area contributed by atoms with Crippen LogP contribution in [0.15, 0.2) is 0 Å². The van der Waals surface area contributed by atoms with Crippen molar-refractivity contribution in [2.24, 2.45) is 5.41 Å². The summed E-state index contributed by atoms with van der Waals surface area (Å²) in [5.41, 5.74) is -0.425. The SMILES string of the molecule is CC(=O)CCCCCCCCCCCC[C@H]1CC[C@@H](OC(=O)C(C)(C)C)[C@@H](C)N1. The second-order valence-corrected chi connectivity index (χ2v) is 10.2. The zero-order valence-corrected chi connectivity index (χ0v) is 19.9. The fraction of sp³-hybridized carbons (Fsp3) is 0.920. The summed E-state index contributed by atoms with van der Waals surface area (Å²) in [4.78, 5) is 23.0. The molecule has 1 heterocycles. The second-order valence-electron chi connectivity index (χ2n) is 10.2. The molecule has 0 radical (unpaired) electrons. The van der Waals surface area contributed by atoms with E-state index in [0.29, 0.717) is 11.8 Å². The Hall–Kier alpha value is -0.900. The van der Waals surface area contributed by atoms with Crippen molar-refractivity contribution in [3.63, 3.8) is 0 Å². The Morgan fingerprint density at radius 2 is 1.38 bits per heavy atom. The van der Waals surface area contributed by atoms with Crippen LogP contribution in [0, 0.1) is 5.41 Å². The van der Waals surface area contributed by atoms with Crippen LogP contribution >= 0.6 is 0 Å². The summed E-state index contributed by atoms with van der Waals surface area (Å²) >= 11 is 0. The van der Waals surface area contributed by atoms with Gasteiger partial charge in [-0.15, -0.1) is 0 Å². The molecular formula is C25H47NO3. The van der Waals surface area contributed by atoms with Gasteiger partial charge in [0.15, 0.2) is 0 Å². The minimum absolute atomic E-state index is 0.0143. The minimum Gasteiger partial charge on any atom is -0.460 e. The summed E-state index contributed by atoms with van der Waals surface area (Å²) in [6.07, 6.45) is 17.0. The first-order chi connectivity index (χ1) is 13.7. The number of Topliss-reactive ketones (excluding diaryl/α,β-unsaturated/α-hetero) is 1. The molecule has 0 amide bonds. The predicted molar refractivity (Wildman–Crippen MR) is 121 cm³/mol. The van der Waals surface area contributed by atoms with E-state index in [2.05, 4.69) is 12.2 Å². The molecule has 0 aromatic heterocycles. The Labute approximate surface area is 179 Å². The quantitative estimate of drug-likeness (QED) is 0.268. The highest BCUT2D eigenvalue weighted by molar-refractivity contribution is 5.75. The molecule has 0 bridgehead atoms. The number of nitrogens with one attached hydrogen (secondary N) is 1. The van der Waals surface area contributed by atoms with Crippen LogP contribution in [0.3, 0.4) is 0 Å². The van der Waals surface area contributed by atoms with Crippen LogP contribution in [0.2, 0.25) is 0 Å². The van der Waals surface area contributed by atoms with Crippen molar-refractivity contribution in [1.82, 2.24) is 5.32 Å². The Kier molecular flexibility index (Phi) is 12.8. The smallest absolute Gasteiger partial charge is 0.311 e. The Bertz CT molecular complexity index is 469. The van der Waals surface area contributed by atoms with E-state index in [0.717, 1.165) is 25.7 Å². The molecule has 1 N–H and O–H groups in total. The minimum atomic E-state index is -0.425. The summed E-state index contributed by atoms with van der Waals surface area (Å²) in [7, 11) is 0. The normalized spacial score (nSPS) is 22.4. The van der Waals surface area contributed by atoms with Gasteiger partial charge in [0.2, 0.25) is 0 Å². The fourth-order valence-corrected chi connectivity index (χ4v) is 4.06. The maximum Gasteiger partial charge on any atom is 0.311 e. The molecular weight excluding hydrogens is 362 g/mol. The van der Waals surface area contributed by atoms with E-state index in [-0.39, 0.29) is 18.1 Å². The van der Waals surface area contributed by atoms with E-state index in [1.807, 2.05) is 20.8 Å². The van der Waals surface area contributed by atoms with Gasteiger partial charge in [-0.25, -0.2) is 0 Å². The number of carbonyl (C=O) groups is 2. The first-order valence-corrected chi connectivity index (χ1v) is 12.2. The zero-order chi connectivity index (χ0) is 21.7. The molecule has 1 aliphatic heterocycles. The molecule has 1 saturated heterocycles.